The van der Waals surface area contributed by atoms with Crippen molar-refractivity contribution in [3.05, 3.63) is 36.5 Å². The van der Waals surface area contributed by atoms with Crippen LogP contribution < -0.4 is 5.32 Å². The third kappa shape index (κ3) is 51.6. The van der Waals surface area contributed by atoms with E-state index in [1.54, 1.807) is 0 Å². The van der Waals surface area contributed by atoms with Gasteiger partial charge >= 0.3 is 7.82 Å². The molecular formula is C60H118N2O7P+. The van der Waals surface area contributed by atoms with Gasteiger partial charge in [-0.25, -0.2) is 4.57 Å². The fourth-order valence-electron chi connectivity index (χ4n) is 9.07. The number of rotatable bonds is 55. The van der Waals surface area contributed by atoms with Crippen LogP contribution in [0.2, 0.25) is 0 Å². The average Bonchev–Trinajstić information content (AvgIpc) is 3.32. The van der Waals surface area contributed by atoms with Crippen LogP contribution in [0.4, 0.5) is 0 Å². The number of carbonyl (C=O) groups excluding carboxylic acids is 1. The van der Waals surface area contributed by atoms with Crippen molar-refractivity contribution in [2.45, 2.75) is 302 Å². The van der Waals surface area contributed by atoms with Crippen LogP contribution in [0.1, 0.15) is 284 Å². The molecule has 4 atom stereocenters. The minimum Gasteiger partial charge on any atom is -0.390 e. The van der Waals surface area contributed by atoms with Crippen molar-refractivity contribution in [1.82, 2.24) is 5.32 Å². The molecule has 0 aromatic heterocycles. The Morgan fingerprint density at radius 2 is 0.857 bits per heavy atom. The maximum Gasteiger partial charge on any atom is 0.472 e. The molecule has 0 bridgehead atoms. The summed E-state index contributed by atoms with van der Waals surface area (Å²) in [5.41, 5.74) is 0. The fourth-order valence-corrected chi connectivity index (χ4v) is 9.80. The topological polar surface area (TPSA) is 125 Å². The van der Waals surface area contributed by atoms with E-state index in [1.807, 2.05) is 28.1 Å². The molecule has 0 aliphatic rings. The van der Waals surface area contributed by atoms with E-state index in [4.69, 9.17) is 9.05 Å². The average molecular weight is 1010 g/mol. The van der Waals surface area contributed by atoms with E-state index in [2.05, 4.69) is 48.7 Å². The van der Waals surface area contributed by atoms with Gasteiger partial charge in [0.1, 0.15) is 19.3 Å². The molecule has 0 saturated carbocycles. The summed E-state index contributed by atoms with van der Waals surface area (Å²) in [6.07, 6.45) is 62.9. The Morgan fingerprint density at radius 1 is 0.514 bits per heavy atom. The van der Waals surface area contributed by atoms with Gasteiger partial charge in [0.25, 0.3) is 0 Å². The van der Waals surface area contributed by atoms with Gasteiger partial charge in [0, 0.05) is 6.42 Å². The summed E-state index contributed by atoms with van der Waals surface area (Å²) >= 11 is 0. The number of aliphatic hydroxyl groups is 2. The highest BCUT2D eigenvalue weighted by molar-refractivity contribution is 7.47. The fraction of sp³-hybridized carbons (Fsp3) is 0.883. The van der Waals surface area contributed by atoms with Gasteiger partial charge in [-0.2, -0.15) is 0 Å². The van der Waals surface area contributed by atoms with E-state index in [0.717, 1.165) is 51.4 Å². The summed E-state index contributed by atoms with van der Waals surface area (Å²) < 4.78 is 23.6. The molecule has 0 heterocycles. The lowest BCUT2D eigenvalue weighted by Crippen LogP contribution is -2.51. The van der Waals surface area contributed by atoms with Gasteiger partial charge in [-0.3, -0.25) is 13.8 Å². The summed E-state index contributed by atoms with van der Waals surface area (Å²) in [6.45, 7) is 4.39. The quantitative estimate of drug-likeness (QED) is 0.0207. The van der Waals surface area contributed by atoms with Gasteiger partial charge in [-0.05, 0) is 58.3 Å². The van der Waals surface area contributed by atoms with Gasteiger partial charge in [0.2, 0.25) is 5.91 Å². The Bertz CT molecular complexity index is 1250. The zero-order chi connectivity index (χ0) is 51.5. The van der Waals surface area contributed by atoms with Crippen LogP contribution in [0.5, 0.6) is 0 Å². The van der Waals surface area contributed by atoms with E-state index >= 15 is 0 Å². The number of hydrogen-bond acceptors (Lipinski definition) is 6. The molecule has 10 heteroatoms. The van der Waals surface area contributed by atoms with Crippen LogP contribution in [0.25, 0.3) is 0 Å². The molecule has 0 aromatic carbocycles. The first kappa shape index (κ1) is 68.7. The van der Waals surface area contributed by atoms with E-state index < -0.39 is 32.7 Å². The summed E-state index contributed by atoms with van der Waals surface area (Å²) in [5, 5.41) is 24.7. The number of carbonyl (C=O) groups is 1. The van der Waals surface area contributed by atoms with Gasteiger partial charge < -0.3 is 24.9 Å². The second-order valence-corrected chi connectivity index (χ2v) is 23.3. The number of quaternary nitrogens is 1. The molecule has 0 radical (unpaired) electrons. The summed E-state index contributed by atoms with van der Waals surface area (Å²) in [4.78, 5) is 23.3. The molecule has 1 amide bonds. The lowest BCUT2D eigenvalue weighted by atomic mass is 10.0. The molecule has 9 nitrogen and oxygen atoms in total. The lowest BCUT2D eigenvalue weighted by molar-refractivity contribution is -0.870. The highest BCUT2D eigenvalue weighted by atomic mass is 31.2. The molecule has 4 N–H and O–H groups in total. The minimum absolute atomic E-state index is 0.0135. The zero-order valence-corrected chi connectivity index (χ0v) is 47.8. The molecule has 0 saturated heterocycles. The van der Waals surface area contributed by atoms with Crippen molar-refractivity contribution in [3.8, 4) is 0 Å². The number of phosphoric acid groups is 1. The number of phosphoric ester groups is 1. The number of hydrogen-bond donors (Lipinski definition) is 4. The smallest absolute Gasteiger partial charge is 0.390 e. The minimum atomic E-state index is -4.43. The van der Waals surface area contributed by atoms with Crippen LogP contribution in [-0.2, 0) is 18.4 Å². The van der Waals surface area contributed by atoms with Crippen molar-refractivity contribution < 1.29 is 38.0 Å². The molecule has 0 fully saturated rings. The SMILES string of the molecule is C/C=C/CC/C=C/CC/C=C/CCCC(O)C(O)C(COP(=O)(O)OCC[N+](C)(C)C)NC(=O)CCCCCCCCCCCCCCCCCCCCCCCCCCCCCCCCCCCC. The molecule has 414 valence electrons. The Hall–Kier alpha value is -1.32. The van der Waals surface area contributed by atoms with Crippen molar-refractivity contribution in [2.24, 2.45) is 0 Å². The Balaban J connectivity index is 4.01. The molecule has 4 unspecified atom stereocenters. The summed E-state index contributed by atoms with van der Waals surface area (Å²) in [5.74, 6) is -0.270. The number of nitrogens with one attached hydrogen (secondary N) is 1. The first-order valence-corrected chi connectivity index (χ1v) is 31.4. The molecular weight excluding hydrogens is 892 g/mol. The van der Waals surface area contributed by atoms with Crippen LogP contribution in [-0.4, -0.2) is 84.6 Å². The molecule has 0 spiro atoms. The Kier molecular flexibility index (Phi) is 50.2. The number of allylic oxidation sites excluding steroid dienone is 6. The second kappa shape index (κ2) is 51.2. The van der Waals surface area contributed by atoms with Gasteiger partial charge in [-0.15, -0.1) is 0 Å². The third-order valence-electron chi connectivity index (χ3n) is 13.8. The zero-order valence-electron chi connectivity index (χ0n) is 46.9. The van der Waals surface area contributed by atoms with Gasteiger partial charge in [0.05, 0.1) is 39.9 Å². The lowest BCUT2D eigenvalue weighted by Gasteiger charge is -2.28. The third-order valence-corrected chi connectivity index (χ3v) is 14.8. The van der Waals surface area contributed by atoms with E-state index in [1.165, 1.54) is 199 Å². The monoisotopic (exact) mass is 1010 g/mol. The normalized spacial score (nSPS) is 14.6. The van der Waals surface area contributed by atoms with E-state index in [-0.39, 0.29) is 18.9 Å². The van der Waals surface area contributed by atoms with Crippen LogP contribution in [0.3, 0.4) is 0 Å². The molecule has 0 rings (SSSR count). The van der Waals surface area contributed by atoms with Crippen LogP contribution >= 0.6 is 7.82 Å². The molecule has 0 aromatic rings. The first-order valence-electron chi connectivity index (χ1n) is 29.9. The number of likely N-dealkylation sites (N-methyl/N-ethyl adjacent to an activating group) is 1. The predicted molar refractivity (Wildman–Crippen MR) is 301 cm³/mol. The van der Waals surface area contributed by atoms with Crippen molar-refractivity contribution in [2.75, 3.05) is 40.9 Å². The molecule has 0 aliphatic carbocycles. The van der Waals surface area contributed by atoms with Gasteiger partial charge in [-0.1, -0.05) is 255 Å². The van der Waals surface area contributed by atoms with Crippen molar-refractivity contribution in [1.29, 1.82) is 0 Å². The Morgan fingerprint density at radius 3 is 1.21 bits per heavy atom. The number of amides is 1. The maximum atomic E-state index is 13.0. The second-order valence-electron chi connectivity index (χ2n) is 21.9. The number of unbranched alkanes of at least 4 members (excludes halogenated alkanes) is 36. The molecule has 70 heavy (non-hydrogen) atoms. The molecule has 0 aliphatic heterocycles. The first-order chi connectivity index (χ1) is 33.9. The van der Waals surface area contributed by atoms with Gasteiger partial charge in [0.15, 0.2) is 0 Å². The summed E-state index contributed by atoms with van der Waals surface area (Å²) in [6, 6.07) is -1.06. The number of aliphatic hydroxyl groups excluding tert-OH is 2. The van der Waals surface area contributed by atoms with E-state index in [9.17, 15) is 24.5 Å². The van der Waals surface area contributed by atoms with Crippen LogP contribution in [0, 0.1) is 0 Å². The largest absolute Gasteiger partial charge is 0.472 e. The van der Waals surface area contributed by atoms with Crippen LogP contribution in [0.15, 0.2) is 36.5 Å². The number of nitrogens with zero attached hydrogens (tertiary/aromatic N) is 1. The summed E-state index contributed by atoms with van der Waals surface area (Å²) in [7, 11) is 1.41. The van der Waals surface area contributed by atoms with Crippen molar-refractivity contribution in [3.63, 3.8) is 0 Å². The van der Waals surface area contributed by atoms with E-state index in [0.29, 0.717) is 23.9 Å². The predicted octanol–water partition coefficient (Wildman–Crippen LogP) is 17.1. The maximum absolute atomic E-state index is 13.0. The standard InChI is InChI=1S/C60H117N2O7P/c1-6-8-10-12-14-16-18-20-21-22-23-24-25-26-27-28-29-30-31-32-33-34-35-36-37-38-39-40-41-43-45-47-49-51-53-59(64)61-57(56-69-70(66,67)68-55-54-62(3,4)5)60(65)58(63)52-50-48-46-44-42-19-17-15-13-11-9-7-2/h7,9,15,17,44,46,57-58,60,63,65H,6,8,10-14,16,18-43,45,47-56H2,1-5H3,(H-,61,64,66,67)/p+1/b9-7+,17-15+,46-44+. The highest BCUT2D eigenvalue weighted by Gasteiger charge is 2.32. The highest BCUT2D eigenvalue weighted by Crippen LogP contribution is 2.43. The van der Waals surface area contributed by atoms with Crippen molar-refractivity contribution >= 4 is 13.7 Å². The Labute approximate surface area is 434 Å².